The first-order valence-electron chi connectivity index (χ1n) is 9.90. The summed E-state index contributed by atoms with van der Waals surface area (Å²) < 4.78 is 17.3. The molecule has 0 fully saturated rings. The summed E-state index contributed by atoms with van der Waals surface area (Å²) >= 11 is 1.40. The number of carbonyl (C=O) groups excluding carboxylic acids is 1. The van der Waals surface area contributed by atoms with Gasteiger partial charge in [0.1, 0.15) is 27.5 Å². The predicted octanol–water partition coefficient (Wildman–Crippen LogP) is 5.30. The maximum atomic E-state index is 13.5. The van der Waals surface area contributed by atoms with Crippen LogP contribution in [0, 0.1) is 13.8 Å². The first kappa shape index (κ1) is 20.9. The highest BCUT2D eigenvalue weighted by Gasteiger charge is 2.24. The summed E-state index contributed by atoms with van der Waals surface area (Å²) in [6, 6.07) is 13.5. The van der Waals surface area contributed by atoms with Crippen LogP contribution in [0.1, 0.15) is 22.5 Å². The monoisotopic (exact) mass is 436 g/mol. The molecular formula is C24H24N2O4S. The molecule has 0 radical (unpaired) electrons. The fourth-order valence-electron chi connectivity index (χ4n) is 3.46. The average Bonchev–Trinajstić information content (AvgIpc) is 3.43. The van der Waals surface area contributed by atoms with E-state index in [0.717, 1.165) is 21.4 Å². The van der Waals surface area contributed by atoms with Crippen molar-refractivity contribution in [3.05, 3.63) is 71.2 Å². The summed E-state index contributed by atoms with van der Waals surface area (Å²) in [5, 5.41) is 0.574. The molecule has 0 unspecified atom stereocenters. The number of fused-ring (bicyclic) bond motifs is 1. The number of anilines is 1. The van der Waals surface area contributed by atoms with Crippen molar-refractivity contribution in [1.29, 1.82) is 0 Å². The molecule has 6 nitrogen and oxygen atoms in total. The van der Waals surface area contributed by atoms with Crippen LogP contribution < -0.4 is 14.4 Å². The van der Waals surface area contributed by atoms with Gasteiger partial charge < -0.3 is 13.9 Å². The van der Waals surface area contributed by atoms with Gasteiger partial charge in [-0.15, -0.1) is 0 Å². The van der Waals surface area contributed by atoms with Crippen LogP contribution in [0.25, 0.3) is 10.2 Å². The van der Waals surface area contributed by atoms with Gasteiger partial charge in [0.05, 0.1) is 33.4 Å². The fraction of sp³-hybridized carbons (Fsp3) is 0.250. The summed E-state index contributed by atoms with van der Waals surface area (Å²) in [5.74, 6) is 1.97. The number of hydrogen-bond donors (Lipinski definition) is 0. The van der Waals surface area contributed by atoms with Gasteiger partial charge in [-0.05, 0) is 49.2 Å². The third-order valence-electron chi connectivity index (χ3n) is 5.17. The van der Waals surface area contributed by atoms with Crippen molar-refractivity contribution in [3.8, 4) is 11.5 Å². The highest BCUT2D eigenvalue weighted by molar-refractivity contribution is 7.22. The second-order valence-electron chi connectivity index (χ2n) is 7.31. The lowest BCUT2D eigenvalue weighted by Gasteiger charge is -2.19. The highest BCUT2D eigenvalue weighted by Crippen LogP contribution is 2.40. The molecule has 0 aliphatic heterocycles. The minimum Gasteiger partial charge on any atom is -0.495 e. The molecule has 0 aliphatic rings. The van der Waals surface area contributed by atoms with Gasteiger partial charge in [0.25, 0.3) is 0 Å². The third kappa shape index (κ3) is 4.27. The van der Waals surface area contributed by atoms with Crippen molar-refractivity contribution >= 4 is 32.6 Å². The Morgan fingerprint density at radius 2 is 1.87 bits per heavy atom. The second kappa shape index (κ2) is 8.81. The molecule has 0 saturated heterocycles. The Hall–Kier alpha value is -3.32. The van der Waals surface area contributed by atoms with Crippen molar-refractivity contribution < 1.29 is 18.7 Å². The first-order chi connectivity index (χ1) is 15.0. The van der Waals surface area contributed by atoms with Gasteiger partial charge in [-0.2, -0.15) is 0 Å². The zero-order valence-electron chi connectivity index (χ0n) is 18.0. The molecule has 0 N–H and O–H groups in total. The molecule has 0 spiro atoms. The number of aromatic nitrogens is 1. The predicted molar refractivity (Wildman–Crippen MR) is 122 cm³/mol. The molecule has 31 heavy (non-hydrogen) atoms. The van der Waals surface area contributed by atoms with Crippen molar-refractivity contribution in [2.45, 2.75) is 26.8 Å². The Morgan fingerprint density at radius 1 is 1.10 bits per heavy atom. The Kier molecular flexibility index (Phi) is 5.95. The molecule has 0 saturated carbocycles. The minimum atomic E-state index is -0.0536. The number of hydrogen-bond acceptors (Lipinski definition) is 6. The van der Waals surface area contributed by atoms with Gasteiger partial charge in [-0.25, -0.2) is 4.98 Å². The number of methoxy groups -OCH3 is 2. The van der Waals surface area contributed by atoms with Crippen molar-refractivity contribution in [3.63, 3.8) is 0 Å². The topological polar surface area (TPSA) is 64.8 Å². The number of nitrogens with zero attached hydrogens (tertiary/aromatic N) is 2. The molecule has 0 bridgehead atoms. The molecule has 2 heterocycles. The van der Waals surface area contributed by atoms with Gasteiger partial charge in [-0.3, -0.25) is 9.69 Å². The molecule has 7 heteroatoms. The zero-order valence-corrected chi connectivity index (χ0v) is 18.8. The maximum Gasteiger partial charge on any atom is 0.233 e. The molecule has 0 atom stereocenters. The van der Waals surface area contributed by atoms with E-state index < -0.39 is 0 Å². The van der Waals surface area contributed by atoms with E-state index in [1.54, 1.807) is 25.4 Å². The van der Waals surface area contributed by atoms with Gasteiger partial charge in [0.15, 0.2) is 5.13 Å². The van der Waals surface area contributed by atoms with Gasteiger partial charge in [0, 0.05) is 0 Å². The summed E-state index contributed by atoms with van der Waals surface area (Å²) in [4.78, 5) is 19.9. The lowest BCUT2D eigenvalue weighted by molar-refractivity contribution is -0.118. The van der Waals surface area contributed by atoms with Crippen LogP contribution in [0.15, 0.2) is 53.1 Å². The van der Waals surface area contributed by atoms with E-state index in [-0.39, 0.29) is 12.3 Å². The lowest BCUT2D eigenvalue weighted by Crippen LogP contribution is -2.31. The number of rotatable bonds is 7. The van der Waals surface area contributed by atoms with Crippen LogP contribution in [-0.4, -0.2) is 25.1 Å². The van der Waals surface area contributed by atoms with Crippen molar-refractivity contribution in [1.82, 2.24) is 4.98 Å². The summed E-state index contributed by atoms with van der Waals surface area (Å²) in [7, 11) is 3.22. The normalized spacial score (nSPS) is 11.0. The van der Waals surface area contributed by atoms with E-state index in [0.29, 0.717) is 34.5 Å². The van der Waals surface area contributed by atoms with E-state index in [1.807, 2.05) is 44.2 Å². The molecule has 160 valence electrons. The van der Waals surface area contributed by atoms with Crippen molar-refractivity contribution in [2.75, 3.05) is 19.1 Å². The van der Waals surface area contributed by atoms with E-state index in [9.17, 15) is 4.79 Å². The number of aryl methyl sites for hydroxylation is 2. The smallest absolute Gasteiger partial charge is 0.233 e. The number of carbonyl (C=O) groups is 1. The van der Waals surface area contributed by atoms with Crippen molar-refractivity contribution in [2.24, 2.45) is 0 Å². The Morgan fingerprint density at radius 3 is 2.58 bits per heavy atom. The Bertz CT molecular complexity index is 1170. The molecule has 4 rings (SSSR count). The average molecular weight is 437 g/mol. The molecule has 4 aromatic rings. The SMILES string of the molecule is COc1ccc(OC)c2sc(N(Cc3ccco3)C(=O)Cc3cc(C)ccc3C)nc12. The van der Waals surface area contributed by atoms with E-state index in [4.69, 9.17) is 18.9 Å². The standard InChI is InChI=1S/C24H24N2O4S/c1-15-7-8-16(2)17(12-15)13-21(27)26(14-18-6-5-11-30-18)24-25-22-19(28-3)9-10-20(29-4)23(22)31-24/h5-12H,13-14H2,1-4H3. The van der Waals surface area contributed by atoms with Crippen LogP contribution in [0.5, 0.6) is 11.5 Å². The number of ether oxygens (including phenoxy) is 2. The van der Waals surface area contributed by atoms with Gasteiger partial charge in [-0.1, -0.05) is 35.1 Å². The van der Waals surface area contributed by atoms with Crippen LogP contribution >= 0.6 is 11.3 Å². The first-order valence-corrected chi connectivity index (χ1v) is 10.7. The summed E-state index contributed by atoms with van der Waals surface area (Å²) in [5.41, 5.74) is 3.89. The second-order valence-corrected chi connectivity index (χ2v) is 8.29. The number of benzene rings is 2. The molecule has 2 aromatic carbocycles. The van der Waals surface area contributed by atoms with Crippen LogP contribution in [0.2, 0.25) is 0 Å². The van der Waals surface area contributed by atoms with Gasteiger partial charge >= 0.3 is 0 Å². The third-order valence-corrected chi connectivity index (χ3v) is 6.26. The van der Waals surface area contributed by atoms with Gasteiger partial charge in [0.2, 0.25) is 5.91 Å². The Labute approximate surface area is 185 Å². The maximum absolute atomic E-state index is 13.5. The quantitative estimate of drug-likeness (QED) is 0.393. The number of amides is 1. The lowest BCUT2D eigenvalue weighted by atomic mass is 10.0. The highest BCUT2D eigenvalue weighted by atomic mass is 32.1. The summed E-state index contributed by atoms with van der Waals surface area (Å²) in [6.45, 7) is 4.34. The van der Waals surface area contributed by atoms with E-state index in [1.165, 1.54) is 11.3 Å². The Balaban J connectivity index is 1.76. The number of furan rings is 1. The van der Waals surface area contributed by atoms with E-state index in [2.05, 4.69) is 12.1 Å². The summed E-state index contributed by atoms with van der Waals surface area (Å²) in [6.07, 6.45) is 1.88. The minimum absolute atomic E-state index is 0.0536. The fourth-order valence-corrected chi connectivity index (χ4v) is 4.55. The van der Waals surface area contributed by atoms with Crippen LogP contribution in [0.3, 0.4) is 0 Å². The number of thiazole rings is 1. The molecule has 0 aliphatic carbocycles. The largest absolute Gasteiger partial charge is 0.495 e. The van der Waals surface area contributed by atoms with Crippen LogP contribution in [-0.2, 0) is 17.8 Å². The van der Waals surface area contributed by atoms with E-state index >= 15 is 0 Å². The molecule has 1 amide bonds. The van der Waals surface area contributed by atoms with Crippen LogP contribution in [0.4, 0.5) is 5.13 Å². The molecule has 2 aromatic heterocycles. The zero-order chi connectivity index (χ0) is 22.0. The molecular weight excluding hydrogens is 412 g/mol.